The van der Waals surface area contributed by atoms with E-state index in [-0.39, 0.29) is 0 Å². The molecule has 0 saturated carbocycles. The van der Waals surface area contributed by atoms with Gasteiger partial charge in [-0.2, -0.15) is 0 Å². The van der Waals surface area contributed by atoms with E-state index < -0.39 is 0 Å². The summed E-state index contributed by atoms with van der Waals surface area (Å²) in [6, 6.07) is 0. The van der Waals surface area contributed by atoms with Crippen molar-refractivity contribution in [2.24, 2.45) is 0 Å². The van der Waals surface area contributed by atoms with Crippen molar-refractivity contribution < 1.29 is 0 Å². The molecule has 1 heteroatoms. The van der Waals surface area contributed by atoms with Gasteiger partial charge in [0.15, 0.2) is 0 Å². The maximum absolute atomic E-state index is 2.21. The molecule has 0 spiro atoms. The van der Waals surface area contributed by atoms with Gasteiger partial charge in [0.05, 0.1) is 0 Å². The summed E-state index contributed by atoms with van der Waals surface area (Å²) in [6.45, 7) is 6.63. The molecule has 5 heavy (non-hydrogen) atoms. The summed E-state index contributed by atoms with van der Waals surface area (Å²) in [6.07, 6.45) is 0. The molecular weight excluding hydrogens is 170 g/mol. The Morgan fingerprint density at radius 1 is 1.20 bits per heavy atom. The van der Waals surface area contributed by atoms with Crippen molar-refractivity contribution in [3.63, 3.8) is 0 Å². The van der Waals surface area contributed by atoms with Gasteiger partial charge >= 0.3 is 47.2 Å². The van der Waals surface area contributed by atoms with Crippen LogP contribution in [0.3, 0.4) is 0 Å². The summed E-state index contributed by atoms with van der Waals surface area (Å²) in [4.78, 5) is 0. The van der Waals surface area contributed by atoms with E-state index in [9.17, 15) is 0 Å². The van der Waals surface area contributed by atoms with Gasteiger partial charge < -0.3 is 0 Å². The first-order chi connectivity index (χ1) is 2.00. The van der Waals surface area contributed by atoms with Crippen molar-refractivity contribution in [1.82, 2.24) is 0 Å². The van der Waals surface area contributed by atoms with Crippen molar-refractivity contribution in [1.29, 1.82) is 0 Å². The summed E-state index contributed by atoms with van der Waals surface area (Å²) in [7, 11) is 0. The molecule has 0 unspecified atom stereocenters. The third-order valence-electron chi connectivity index (χ3n) is 0. The van der Waals surface area contributed by atoms with Crippen LogP contribution in [0.15, 0.2) is 0 Å². The van der Waals surface area contributed by atoms with E-state index >= 15 is 0 Å². The fourth-order valence-corrected chi connectivity index (χ4v) is 0. The van der Waals surface area contributed by atoms with Crippen molar-refractivity contribution in [3.05, 3.63) is 0 Å². The van der Waals surface area contributed by atoms with Gasteiger partial charge in [-0.05, 0) is 0 Å². The number of hydrogen-bond acceptors (Lipinski definition) is 0. The van der Waals surface area contributed by atoms with Crippen LogP contribution < -0.4 is 0 Å². The Bertz CT molecular complexity index is 19.1. The first-order valence-corrected chi connectivity index (χ1v) is 3.00. The fourth-order valence-electron chi connectivity index (χ4n) is 0. The quantitative estimate of drug-likeness (QED) is 0.492. The normalized spacial score (nSPS) is 12.0. The van der Waals surface area contributed by atoms with E-state index in [1.807, 2.05) is 23.0 Å². The van der Waals surface area contributed by atoms with Crippen LogP contribution in [0.4, 0.5) is 0 Å². The summed E-state index contributed by atoms with van der Waals surface area (Å²) in [5.74, 6) is 0. The molecule has 0 atom stereocenters. The molecule has 0 bridgehead atoms. The summed E-state index contributed by atoms with van der Waals surface area (Å²) < 4.78 is 0.550. The molecule has 30 valence electrons. The van der Waals surface area contributed by atoms with E-state index in [1.165, 1.54) is 0 Å². The van der Waals surface area contributed by atoms with E-state index in [0.29, 0.717) is 3.36 Å². The minimum atomic E-state index is 0.550. The third kappa shape index (κ3) is 57.2. The molecule has 0 amide bonds. The van der Waals surface area contributed by atoms with Crippen LogP contribution in [0, 0.1) is 0 Å². The molecule has 0 aliphatic heterocycles. The molecule has 0 saturated heterocycles. The van der Waals surface area contributed by atoms with E-state index in [1.54, 1.807) is 0 Å². The molecule has 0 aromatic rings. The van der Waals surface area contributed by atoms with Crippen LogP contribution in [0.1, 0.15) is 20.8 Å². The molecule has 0 aromatic carbocycles. The van der Waals surface area contributed by atoms with Crippen LogP contribution in [0.5, 0.6) is 0 Å². The van der Waals surface area contributed by atoms with Gasteiger partial charge in [0.2, 0.25) is 0 Å². The van der Waals surface area contributed by atoms with Crippen LogP contribution in [-0.4, -0.2) is 23.0 Å². The van der Waals surface area contributed by atoms with Crippen LogP contribution in [-0.2, 0) is 0 Å². The molecular formula is C4H9Sb. The molecule has 0 heterocycles. The first kappa shape index (κ1) is 5.82. The predicted molar refractivity (Wildman–Crippen MR) is 25.5 cm³/mol. The molecule has 0 N–H and O–H groups in total. The third-order valence-corrected chi connectivity index (χ3v) is 0. The van der Waals surface area contributed by atoms with Crippen molar-refractivity contribution in [2.75, 3.05) is 0 Å². The van der Waals surface area contributed by atoms with Crippen LogP contribution >= 0.6 is 0 Å². The second-order valence-corrected chi connectivity index (χ2v) is 6.00. The molecule has 0 fully saturated rings. The van der Waals surface area contributed by atoms with Gasteiger partial charge in [0.1, 0.15) is 0 Å². The first-order valence-electron chi connectivity index (χ1n) is 1.72. The second-order valence-electron chi connectivity index (χ2n) is 2.17. The van der Waals surface area contributed by atoms with Gasteiger partial charge in [-0.25, -0.2) is 0 Å². The average molecular weight is 179 g/mol. The van der Waals surface area contributed by atoms with Crippen LogP contribution in [0.2, 0.25) is 3.36 Å². The van der Waals surface area contributed by atoms with Gasteiger partial charge in [0.25, 0.3) is 0 Å². The Kier molecular flexibility index (Phi) is 1.76. The predicted octanol–water partition coefficient (Wildman–Crippen LogP) is 1.37. The average Bonchev–Trinajstić information content (AvgIpc) is 0.722. The summed E-state index contributed by atoms with van der Waals surface area (Å²) in [5, 5.41) is 0. The van der Waals surface area contributed by atoms with Gasteiger partial charge in [-0.3, -0.25) is 0 Å². The molecule has 0 aliphatic rings. The Morgan fingerprint density at radius 3 is 1.20 bits per heavy atom. The molecule has 2 radical (unpaired) electrons. The zero-order chi connectivity index (χ0) is 4.50. The molecule has 0 nitrogen and oxygen atoms in total. The van der Waals surface area contributed by atoms with E-state index in [4.69, 9.17) is 0 Å². The number of rotatable bonds is 0. The topological polar surface area (TPSA) is 0 Å². The Hall–Kier alpha value is 0.818. The maximum atomic E-state index is 2.21. The van der Waals surface area contributed by atoms with Gasteiger partial charge in [-0.1, -0.05) is 0 Å². The van der Waals surface area contributed by atoms with E-state index in [0.717, 1.165) is 0 Å². The summed E-state index contributed by atoms with van der Waals surface area (Å²) >= 11 is 1.87. The Morgan fingerprint density at radius 2 is 1.20 bits per heavy atom. The molecule has 0 aliphatic carbocycles. The summed E-state index contributed by atoms with van der Waals surface area (Å²) in [5.41, 5.74) is 0. The standard InChI is InChI=1S/C4H9.Sb/c1-4(2)3;/h1-3H3;. The SMILES string of the molecule is C[C](C)(C)[Sb]. The molecule has 0 rings (SSSR count). The van der Waals surface area contributed by atoms with Gasteiger partial charge in [0, 0.05) is 0 Å². The van der Waals surface area contributed by atoms with Crippen molar-refractivity contribution >= 4 is 23.0 Å². The fraction of sp³-hybridized carbons (Fsp3) is 1.00. The minimum absolute atomic E-state index is 0.550. The zero-order valence-corrected chi connectivity index (χ0v) is 6.50. The molecule has 0 aromatic heterocycles. The van der Waals surface area contributed by atoms with Crippen molar-refractivity contribution in [2.45, 2.75) is 24.1 Å². The van der Waals surface area contributed by atoms with Crippen LogP contribution in [0.25, 0.3) is 0 Å². The van der Waals surface area contributed by atoms with Gasteiger partial charge in [-0.15, -0.1) is 0 Å². The Balaban J connectivity index is 3.02. The zero-order valence-electron chi connectivity index (χ0n) is 3.95. The number of hydrogen-bond donors (Lipinski definition) is 0. The second kappa shape index (κ2) is 1.51. The Labute approximate surface area is 47.4 Å². The van der Waals surface area contributed by atoms with Crippen molar-refractivity contribution in [3.8, 4) is 0 Å². The van der Waals surface area contributed by atoms with E-state index in [2.05, 4.69) is 20.8 Å². The monoisotopic (exact) mass is 178 g/mol.